The smallest absolute Gasteiger partial charge is 0.341 e. The van der Waals surface area contributed by atoms with Crippen molar-refractivity contribution in [1.82, 2.24) is 0 Å². The topological polar surface area (TPSA) is 52.6 Å². The van der Waals surface area contributed by atoms with Gasteiger partial charge in [0.2, 0.25) is 6.29 Å². The van der Waals surface area contributed by atoms with Crippen LogP contribution in [0, 0.1) is 0 Å². The lowest BCUT2D eigenvalue weighted by Crippen LogP contribution is -2.24. The summed E-state index contributed by atoms with van der Waals surface area (Å²) in [6, 6.07) is 17.2. The maximum atomic E-state index is 11.9. The zero-order chi connectivity index (χ0) is 15.1. The summed E-state index contributed by atoms with van der Waals surface area (Å²) in [5.41, 5.74) is 0.846. The first-order chi connectivity index (χ1) is 10.2. The van der Waals surface area contributed by atoms with Gasteiger partial charge in [0.15, 0.2) is 0 Å². The molecule has 0 fully saturated rings. The molecule has 0 unspecified atom stereocenters. The summed E-state index contributed by atoms with van der Waals surface area (Å²) in [7, 11) is 0. The third kappa shape index (κ3) is 4.18. The van der Waals surface area contributed by atoms with E-state index in [4.69, 9.17) is 9.47 Å². The van der Waals surface area contributed by atoms with Crippen LogP contribution in [0.5, 0.6) is 0 Å². The predicted molar refractivity (Wildman–Crippen MR) is 77.8 cm³/mol. The molecular weight excluding hydrogens is 268 g/mol. The van der Waals surface area contributed by atoms with E-state index in [1.807, 2.05) is 12.1 Å². The molecule has 0 bridgehead atoms. The van der Waals surface area contributed by atoms with Crippen molar-refractivity contribution in [2.24, 2.45) is 0 Å². The maximum Gasteiger partial charge on any atom is 0.341 e. The van der Waals surface area contributed by atoms with Gasteiger partial charge >= 0.3 is 11.9 Å². The van der Waals surface area contributed by atoms with Crippen LogP contribution in [0.1, 0.15) is 34.1 Å². The van der Waals surface area contributed by atoms with E-state index in [2.05, 4.69) is 0 Å². The summed E-state index contributed by atoms with van der Waals surface area (Å²) in [5.74, 6) is -1.02. The third-order valence-corrected chi connectivity index (χ3v) is 2.83. The fraction of sp³-hybridized carbons (Fsp3) is 0.176. The van der Waals surface area contributed by atoms with E-state index in [1.165, 1.54) is 0 Å². The number of benzene rings is 2. The van der Waals surface area contributed by atoms with Crippen LogP contribution in [0.2, 0.25) is 0 Å². The highest BCUT2D eigenvalue weighted by Gasteiger charge is 2.19. The van der Waals surface area contributed by atoms with Gasteiger partial charge in [0.1, 0.15) is 0 Å². The number of carbonyl (C=O) groups excluding carboxylic acids is 2. The summed E-state index contributed by atoms with van der Waals surface area (Å²) < 4.78 is 10.4. The molecule has 0 heterocycles. The molecule has 0 N–H and O–H groups in total. The minimum atomic E-state index is -0.898. The van der Waals surface area contributed by atoms with Crippen molar-refractivity contribution < 1.29 is 19.1 Å². The number of hydrogen-bond acceptors (Lipinski definition) is 4. The maximum absolute atomic E-state index is 11.9. The highest BCUT2D eigenvalue weighted by molar-refractivity contribution is 5.90. The molecule has 0 saturated heterocycles. The predicted octanol–water partition coefficient (Wildman–Crippen LogP) is 3.44. The highest BCUT2D eigenvalue weighted by atomic mass is 16.7. The van der Waals surface area contributed by atoms with Crippen LogP contribution in [-0.2, 0) is 9.47 Å². The van der Waals surface area contributed by atoms with E-state index in [0.717, 1.165) is 0 Å². The van der Waals surface area contributed by atoms with Gasteiger partial charge in [-0.25, -0.2) is 9.59 Å². The third-order valence-electron chi connectivity index (χ3n) is 2.83. The van der Waals surface area contributed by atoms with Crippen molar-refractivity contribution in [3.63, 3.8) is 0 Å². The van der Waals surface area contributed by atoms with E-state index < -0.39 is 18.2 Å². The molecule has 0 aliphatic rings. The molecule has 0 atom stereocenters. The van der Waals surface area contributed by atoms with Crippen LogP contribution >= 0.6 is 0 Å². The molecule has 4 heteroatoms. The van der Waals surface area contributed by atoms with Gasteiger partial charge in [-0.05, 0) is 24.3 Å². The molecule has 108 valence electrons. The Morgan fingerprint density at radius 2 is 1.19 bits per heavy atom. The molecule has 0 radical (unpaired) electrons. The van der Waals surface area contributed by atoms with Gasteiger partial charge in [-0.15, -0.1) is 0 Å². The fourth-order valence-electron chi connectivity index (χ4n) is 1.71. The number of esters is 2. The molecule has 0 saturated carbocycles. The molecule has 0 aromatic heterocycles. The molecule has 4 nitrogen and oxygen atoms in total. The first-order valence-corrected chi connectivity index (χ1v) is 6.72. The molecule has 0 amide bonds. The number of carbonyl (C=O) groups is 2. The number of rotatable bonds is 5. The Hall–Kier alpha value is -2.62. The second kappa shape index (κ2) is 7.24. The number of hydrogen-bond donors (Lipinski definition) is 0. The Bertz CT molecular complexity index is 539. The quantitative estimate of drug-likeness (QED) is 0.623. The van der Waals surface area contributed by atoms with Gasteiger partial charge in [-0.3, -0.25) is 0 Å². The summed E-state index contributed by atoms with van der Waals surface area (Å²) in [6.07, 6.45) is -0.512. The van der Waals surface area contributed by atoms with Gasteiger partial charge in [0.05, 0.1) is 11.1 Å². The fourth-order valence-corrected chi connectivity index (χ4v) is 1.71. The Balaban J connectivity index is 1.98. The lowest BCUT2D eigenvalue weighted by Gasteiger charge is -2.16. The monoisotopic (exact) mass is 284 g/mol. The molecule has 21 heavy (non-hydrogen) atoms. The van der Waals surface area contributed by atoms with E-state index in [-0.39, 0.29) is 0 Å². The largest absolute Gasteiger partial charge is 0.422 e. The van der Waals surface area contributed by atoms with Crippen LogP contribution in [0.15, 0.2) is 60.7 Å². The molecule has 2 rings (SSSR count). The van der Waals surface area contributed by atoms with Crippen molar-refractivity contribution in [3.05, 3.63) is 71.8 Å². The summed E-state index contributed by atoms with van der Waals surface area (Å²) >= 11 is 0. The van der Waals surface area contributed by atoms with Crippen LogP contribution in [-0.4, -0.2) is 18.2 Å². The van der Waals surface area contributed by atoms with Gasteiger partial charge in [0, 0.05) is 6.42 Å². The highest BCUT2D eigenvalue weighted by Crippen LogP contribution is 2.10. The molecule has 2 aromatic rings. The van der Waals surface area contributed by atoms with Gasteiger partial charge in [-0.2, -0.15) is 0 Å². The summed E-state index contributed by atoms with van der Waals surface area (Å²) in [4.78, 5) is 23.8. The molecule has 0 aliphatic carbocycles. The first kappa shape index (κ1) is 14.8. The SMILES string of the molecule is CCC(OC(=O)c1ccccc1)OC(=O)c1ccccc1. The average molecular weight is 284 g/mol. The van der Waals surface area contributed by atoms with Gasteiger partial charge in [0.25, 0.3) is 0 Å². The lowest BCUT2D eigenvalue weighted by atomic mass is 10.2. The molecule has 0 aliphatic heterocycles. The zero-order valence-electron chi connectivity index (χ0n) is 11.7. The normalized spacial score (nSPS) is 10.2. The van der Waals surface area contributed by atoms with Crippen LogP contribution < -0.4 is 0 Å². The minimum absolute atomic E-state index is 0.386. The minimum Gasteiger partial charge on any atom is -0.422 e. The lowest BCUT2D eigenvalue weighted by molar-refractivity contribution is -0.0806. The first-order valence-electron chi connectivity index (χ1n) is 6.72. The van der Waals surface area contributed by atoms with E-state index in [9.17, 15) is 9.59 Å². The van der Waals surface area contributed by atoms with E-state index >= 15 is 0 Å². The Kier molecular flexibility index (Phi) is 5.10. The van der Waals surface area contributed by atoms with Crippen molar-refractivity contribution in [2.75, 3.05) is 0 Å². The van der Waals surface area contributed by atoms with Crippen LogP contribution in [0.4, 0.5) is 0 Å². The Labute approximate surface area is 123 Å². The standard InChI is InChI=1S/C17H16O4/c1-2-15(20-16(18)13-9-5-3-6-10-13)21-17(19)14-11-7-4-8-12-14/h3-12,15H,2H2,1H3. The molecule has 0 spiro atoms. The zero-order valence-corrected chi connectivity index (χ0v) is 11.7. The second-order valence-corrected chi connectivity index (χ2v) is 4.38. The summed E-state index contributed by atoms with van der Waals surface area (Å²) in [5, 5.41) is 0. The van der Waals surface area contributed by atoms with Gasteiger partial charge < -0.3 is 9.47 Å². The average Bonchev–Trinajstić information content (AvgIpc) is 2.55. The van der Waals surface area contributed by atoms with Crippen molar-refractivity contribution in [2.45, 2.75) is 19.6 Å². The second-order valence-electron chi connectivity index (χ2n) is 4.38. The van der Waals surface area contributed by atoms with Crippen molar-refractivity contribution in [3.8, 4) is 0 Å². The number of ether oxygens (including phenoxy) is 2. The van der Waals surface area contributed by atoms with Crippen molar-refractivity contribution >= 4 is 11.9 Å². The van der Waals surface area contributed by atoms with E-state index in [1.54, 1.807) is 55.5 Å². The molecular formula is C17H16O4. The Morgan fingerprint density at radius 1 is 0.810 bits per heavy atom. The van der Waals surface area contributed by atoms with Crippen LogP contribution in [0.3, 0.4) is 0 Å². The van der Waals surface area contributed by atoms with Crippen LogP contribution in [0.25, 0.3) is 0 Å². The van der Waals surface area contributed by atoms with E-state index in [0.29, 0.717) is 17.5 Å². The molecule has 2 aromatic carbocycles. The summed E-state index contributed by atoms with van der Waals surface area (Å²) in [6.45, 7) is 1.78. The Morgan fingerprint density at radius 3 is 1.52 bits per heavy atom. The van der Waals surface area contributed by atoms with Gasteiger partial charge in [-0.1, -0.05) is 43.3 Å². The van der Waals surface area contributed by atoms with Crippen molar-refractivity contribution in [1.29, 1.82) is 0 Å².